The fourth-order valence-electron chi connectivity index (χ4n) is 3.42. The van der Waals surface area contributed by atoms with Crippen molar-refractivity contribution in [2.75, 3.05) is 6.54 Å². The zero-order valence-electron chi connectivity index (χ0n) is 13.6. The van der Waals surface area contributed by atoms with Gasteiger partial charge in [-0.2, -0.15) is 0 Å². The molecule has 0 aromatic heterocycles. The lowest BCUT2D eigenvalue weighted by Crippen LogP contribution is -2.16. The van der Waals surface area contributed by atoms with Gasteiger partial charge in [0.15, 0.2) is 0 Å². The van der Waals surface area contributed by atoms with E-state index in [-0.39, 0.29) is 0 Å². The van der Waals surface area contributed by atoms with Crippen molar-refractivity contribution in [1.82, 2.24) is 5.32 Å². The minimum atomic E-state index is 0.797. The molecule has 0 radical (unpaired) electrons. The highest BCUT2D eigenvalue weighted by Crippen LogP contribution is 2.36. The Morgan fingerprint density at radius 2 is 1.54 bits per heavy atom. The minimum Gasteiger partial charge on any atom is -0.312 e. The van der Waals surface area contributed by atoms with E-state index in [1.165, 1.54) is 33.4 Å². The molecule has 0 saturated carbocycles. The molecule has 1 aliphatic rings. The largest absolute Gasteiger partial charge is 0.312 e. The van der Waals surface area contributed by atoms with Crippen LogP contribution in [-0.4, -0.2) is 6.54 Å². The summed E-state index contributed by atoms with van der Waals surface area (Å²) >= 11 is 5.92. The first-order valence-electron chi connectivity index (χ1n) is 8.45. The standard InChI is InChI=1S/C22H20ClN/c23-20-8-5-16(6-9-20)11-12-24-15-17-7-10-22-19(13-17)14-18-3-1-2-4-21(18)22/h1-10,13,24H,11-12,14-15H2. The number of hydrogen-bond donors (Lipinski definition) is 1. The highest BCUT2D eigenvalue weighted by Gasteiger charge is 2.17. The predicted octanol–water partition coefficient (Wildman–Crippen LogP) is 5.24. The van der Waals surface area contributed by atoms with Crippen LogP contribution in [0, 0.1) is 0 Å². The van der Waals surface area contributed by atoms with Crippen molar-refractivity contribution >= 4 is 11.6 Å². The van der Waals surface area contributed by atoms with Gasteiger partial charge in [-0.25, -0.2) is 0 Å². The fraction of sp³-hybridized carbons (Fsp3) is 0.182. The van der Waals surface area contributed by atoms with Gasteiger partial charge in [0.05, 0.1) is 0 Å². The third-order valence-corrected chi connectivity index (χ3v) is 4.94. The Kier molecular flexibility index (Phi) is 4.38. The molecular formula is C22H20ClN. The monoisotopic (exact) mass is 333 g/mol. The quantitative estimate of drug-likeness (QED) is 0.492. The molecule has 0 bridgehead atoms. The third-order valence-electron chi connectivity index (χ3n) is 4.69. The lowest BCUT2D eigenvalue weighted by molar-refractivity contribution is 0.686. The smallest absolute Gasteiger partial charge is 0.0406 e. The second kappa shape index (κ2) is 6.80. The molecule has 4 rings (SSSR count). The summed E-state index contributed by atoms with van der Waals surface area (Å²) < 4.78 is 0. The van der Waals surface area contributed by atoms with Crippen molar-refractivity contribution in [3.63, 3.8) is 0 Å². The van der Waals surface area contributed by atoms with Gasteiger partial charge in [-0.3, -0.25) is 0 Å². The summed E-state index contributed by atoms with van der Waals surface area (Å²) in [5.41, 5.74) is 8.37. The van der Waals surface area contributed by atoms with Gasteiger partial charge in [-0.15, -0.1) is 0 Å². The van der Waals surface area contributed by atoms with Crippen LogP contribution >= 0.6 is 11.6 Å². The molecule has 3 aromatic rings. The van der Waals surface area contributed by atoms with E-state index in [2.05, 4.69) is 59.9 Å². The van der Waals surface area contributed by atoms with E-state index in [1.54, 1.807) is 0 Å². The lowest BCUT2D eigenvalue weighted by Gasteiger charge is -2.08. The van der Waals surface area contributed by atoms with Gasteiger partial charge in [0, 0.05) is 11.6 Å². The lowest BCUT2D eigenvalue weighted by atomic mass is 10.0. The number of rotatable bonds is 5. The SMILES string of the molecule is Clc1ccc(CCNCc2ccc3c(c2)Cc2ccccc2-3)cc1. The molecule has 0 fully saturated rings. The Bertz CT molecular complexity index is 852. The number of benzene rings is 3. The van der Waals surface area contributed by atoms with Crippen molar-refractivity contribution in [3.05, 3.63) is 94.0 Å². The second-order valence-corrected chi connectivity index (χ2v) is 6.82. The van der Waals surface area contributed by atoms with E-state index >= 15 is 0 Å². The molecule has 2 heteroatoms. The van der Waals surface area contributed by atoms with Crippen LogP contribution in [0.3, 0.4) is 0 Å². The van der Waals surface area contributed by atoms with Gasteiger partial charge in [0.1, 0.15) is 0 Å². The van der Waals surface area contributed by atoms with E-state index in [1.807, 2.05) is 12.1 Å². The number of nitrogens with one attached hydrogen (secondary N) is 1. The van der Waals surface area contributed by atoms with Gasteiger partial charge >= 0.3 is 0 Å². The molecule has 0 unspecified atom stereocenters. The maximum Gasteiger partial charge on any atom is 0.0406 e. The second-order valence-electron chi connectivity index (χ2n) is 6.38. The summed E-state index contributed by atoms with van der Waals surface area (Å²) in [6.07, 6.45) is 2.08. The van der Waals surface area contributed by atoms with Crippen molar-refractivity contribution in [2.45, 2.75) is 19.4 Å². The molecule has 0 heterocycles. The van der Waals surface area contributed by atoms with Crippen LogP contribution < -0.4 is 5.32 Å². The molecule has 120 valence electrons. The average Bonchev–Trinajstić information content (AvgIpc) is 2.98. The van der Waals surface area contributed by atoms with Crippen LogP contribution in [-0.2, 0) is 19.4 Å². The summed E-state index contributed by atoms with van der Waals surface area (Å²) in [5.74, 6) is 0. The van der Waals surface area contributed by atoms with Crippen LogP contribution in [0.15, 0.2) is 66.7 Å². The van der Waals surface area contributed by atoms with E-state index in [0.717, 1.165) is 31.0 Å². The van der Waals surface area contributed by atoms with Gasteiger partial charge in [-0.05, 0) is 64.9 Å². The van der Waals surface area contributed by atoms with Gasteiger partial charge in [-0.1, -0.05) is 66.2 Å². The van der Waals surface area contributed by atoms with Gasteiger partial charge < -0.3 is 5.32 Å². The molecule has 0 saturated heterocycles. The van der Waals surface area contributed by atoms with E-state index in [0.29, 0.717) is 0 Å². The Hall–Kier alpha value is -2.09. The molecular weight excluding hydrogens is 314 g/mol. The topological polar surface area (TPSA) is 12.0 Å². The van der Waals surface area contributed by atoms with Gasteiger partial charge in [0.2, 0.25) is 0 Å². The van der Waals surface area contributed by atoms with Crippen molar-refractivity contribution in [2.24, 2.45) is 0 Å². The predicted molar refractivity (Wildman–Crippen MR) is 102 cm³/mol. The van der Waals surface area contributed by atoms with E-state index in [9.17, 15) is 0 Å². The Labute approximate surface area is 148 Å². The summed E-state index contributed by atoms with van der Waals surface area (Å²) in [5, 5.41) is 4.34. The first kappa shape index (κ1) is 15.4. The molecule has 1 nitrogen and oxygen atoms in total. The van der Waals surface area contributed by atoms with E-state index < -0.39 is 0 Å². The van der Waals surface area contributed by atoms with Crippen molar-refractivity contribution in [1.29, 1.82) is 0 Å². The number of halogens is 1. The molecule has 1 N–H and O–H groups in total. The maximum atomic E-state index is 5.92. The normalized spacial score (nSPS) is 12.0. The Morgan fingerprint density at radius 3 is 2.42 bits per heavy atom. The van der Waals surface area contributed by atoms with Crippen LogP contribution in [0.1, 0.15) is 22.3 Å². The maximum absolute atomic E-state index is 5.92. The Morgan fingerprint density at radius 1 is 0.792 bits per heavy atom. The molecule has 0 amide bonds. The molecule has 3 aromatic carbocycles. The number of fused-ring (bicyclic) bond motifs is 3. The van der Waals surface area contributed by atoms with Crippen molar-refractivity contribution < 1.29 is 0 Å². The highest BCUT2D eigenvalue weighted by atomic mass is 35.5. The summed E-state index contributed by atoms with van der Waals surface area (Å²) in [4.78, 5) is 0. The van der Waals surface area contributed by atoms with Crippen molar-refractivity contribution in [3.8, 4) is 11.1 Å². The zero-order chi connectivity index (χ0) is 16.4. The first-order valence-corrected chi connectivity index (χ1v) is 8.83. The molecule has 1 aliphatic carbocycles. The Balaban J connectivity index is 1.35. The van der Waals surface area contributed by atoms with E-state index in [4.69, 9.17) is 11.6 Å². The van der Waals surface area contributed by atoms with Crippen LogP contribution in [0.4, 0.5) is 0 Å². The summed E-state index contributed by atoms with van der Waals surface area (Å²) in [6, 6.07) is 23.7. The third kappa shape index (κ3) is 3.24. The van der Waals surface area contributed by atoms with Crippen LogP contribution in [0.2, 0.25) is 5.02 Å². The summed E-state index contributed by atoms with van der Waals surface area (Å²) in [6.45, 7) is 1.89. The highest BCUT2D eigenvalue weighted by molar-refractivity contribution is 6.30. The van der Waals surface area contributed by atoms with Gasteiger partial charge in [0.25, 0.3) is 0 Å². The average molecular weight is 334 g/mol. The van der Waals surface area contributed by atoms with Crippen LogP contribution in [0.25, 0.3) is 11.1 Å². The molecule has 0 spiro atoms. The summed E-state index contributed by atoms with van der Waals surface area (Å²) in [7, 11) is 0. The minimum absolute atomic E-state index is 0.797. The molecule has 0 atom stereocenters. The van der Waals surface area contributed by atoms with Crippen LogP contribution in [0.5, 0.6) is 0 Å². The molecule has 0 aliphatic heterocycles. The zero-order valence-corrected chi connectivity index (χ0v) is 14.3. The first-order chi connectivity index (χ1) is 11.8. The fourth-order valence-corrected chi connectivity index (χ4v) is 3.55. The molecule has 24 heavy (non-hydrogen) atoms. The number of hydrogen-bond acceptors (Lipinski definition) is 1.